The van der Waals surface area contributed by atoms with E-state index < -0.39 is 5.91 Å². The van der Waals surface area contributed by atoms with Crippen LogP contribution in [0, 0.1) is 17.2 Å². The van der Waals surface area contributed by atoms with E-state index in [9.17, 15) is 10.1 Å². The van der Waals surface area contributed by atoms with Crippen LogP contribution < -0.4 is 5.32 Å². The first-order chi connectivity index (χ1) is 11.5. The van der Waals surface area contributed by atoms with Crippen molar-refractivity contribution < 1.29 is 9.21 Å². The van der Waals surface area contributed by atoms with Gasteiger partial charge in [-0.3, -0.25) is 4.79 Å². The first kappa shape index (κ1) is 16.6. The van der Waals surface area contributed by atoms with Crippen LogP contribution in [0.3, 0.4) is 0 Å². The van der Waals surface area contributed by atoms with E-state index >= 15 is 0 Å². The first-order valence-corrected chi connectivity index (χ1v) is 8.21. The number of nitrogens with zero attached hydrogens (tertiary/aromatic N) is 1. The number of carbonyl (C=O) groups excluding carboxylic acids is 1. The molecule has 0 radical (unpaired) electrons. The molecular weight excluding hydrogens is 347 g/mol. The van der Waals surface area contributed by atoms with Gasteiger partial charge in [0.25, 0.3) is 5.91 Å². The van der Waals surface area contributed by atoms with Crippen LogP contribution in [0.5, 0.6) is 0 Å². The van der Waals surface area contributed by atoms with Crippen molar-refractivity contribution in [2.45, 2.75) is 19.3 Å². The van der Waals surface area contributed by atoms with Crippen molar-refractivity contribution in [1.82, 2.24) is 0 Å². The van der Waals surface area contributed by atoms with E-state index in [2.05, 4.69) is 12.2 Å². The third kappa shape index (κ3) is 3.64. The summed E-state index contributed by atoms with van der Waals surface area (Å²) in [4.78, 5) is 12.3. The normalized spacial score (nSPS) is 19.7. The lowest BCUT2D eigenvalue weighted by molar-refractivity contribution is -0.112. The Morgan fingerprint density at radius 2 is 2.12 bits per heavy atom. The minimum absolute atomic E-state index is 0.0733. The minimum atomic E-state index is -0.570. The van der Waals surface area contributed by atoms with Gasteiger partial charge in [-0.25, -0.2) is 0 Å². The first-order valence-electron chi connectivity index (χ1n) is 7.46. The summed E-state index contributed by atoms with van der Waals surface area (Å²) in [6, 6.07) is 10.2. The third-order valence-corrected chi connectivity index (χ3v) is 4.52. The molecule has 1 aromatic heterocycles. The molecule has 4 nitrogen and oxygen atoms in total. The van der Waals surface area contributed by atoms with E-state index in [4.69, 9.17) is 27.6 Å². The smallest absolute Gasteiger partial charge is 0.266 e. The largest absolute Gasteiger partial charge is 0.461 e. The Morgan fingerprint density at radius 3 is 2.79 bits per heavy atom. The van der Waals surface area contributed by atoms with E-state index in [0.717, 1.165) is 12.2 Å². The van der Waals surface area contributed by atoms with Gasteiger partial charge in [-0.1, -0.05) is 30.1 Å². The Labute approximate surface area is 149 Å². The number of amides is 1. The van der Waals surface area contributed by atoms with Crippen LogP contribution in [-0.2, 0) is 4.79 Å². The topological polar surface area (TPSA) is 66.0 Å². The maximum Gasteiger partial charge on any atom is 0.266 e. The number of hydrogen-bond donors (Lipinski definition) is 1. The zero-order chi connectivity index (χ0) is 17.3. The molecule has 1 saturated carbocycles. The van der Waals surface area contributed by atoms with Gasteiger partial charge in [0, 0.05) is 17.0 Å². The molecule has 1 amide bonds. The fourth-order valence-corrected chi connectivity index (χ4v) is 2.77. The lowest BCUT2D eigenvalue weighted by Crippen LogP contribution is -2.13. The summed E-state index contributed by atoms with van der Waals surface area (Å²) in [6.07, 6.45) is 2.53. The molecule has 6 heteroatoms. The van der Waals surface area contributed by atoms with E-state index in [1.165, 1.54) is 12.1 Å². The van der Waals surface area contributed by atoms with Gasteiger partial charge >= 0.3 is 0 Å². The van der Waals surface area contributed by atoms with E-state index in [1.54, 1.807) is 18.2 Å². The molecule has 0 saturated heterocycles. The van der Waals surface area contributed by atoms with Gasteiger partial charge in [0.1, 0.15) is 23.2 Å². The third-order valence-electron chi connectivity index (χ3n) is 3.95. The summed E-state index contributed by atoms with van der Waals surface area (Å²) in [5, 5.41) is 12.6. The second-order valence-electron chi connectivity index (χ2n) is 5.81. The van der Waals surface area contributed by atoms with Crippen molar-refractivity contribution in [2.24, 2.45) is 5.92 Å². The number of rotatable bonds is 4. The number of nitriles is 1. The van der Waals surface area contributed by atoms with E-state index in [-0.39, 0.29) is 5.57 Å². The number of benzene rings is 1. The van der Waals surface area contributed by atoms with Crippen LogP contribution in [0.1, 0.15) is 30.8 Å². The molecule has 122 valence electrons. The molecule has 0 bridgehead atoms. The average Bonchev–Trinajstić information content (AvgIpc) is 3.09. The highest BCUT2D eigenvalue weighted by Gasteiger charge is 2.36. The quantitative estimate of drug-likeness (QED) is 0.597. The molecule has 1 aliphatic rings. The van der Waals surface area contributed by atoms with Gasteiger partial charge < -0.3 is 9.73 Å². The number of furan rings is 1. The number of anilines is 1. The fraction of sp³-hybridized carbons (Fsp3) is 0.222. The lowest BCUT2D eigenvalue weighted by atomic mass is 10.2. The van der Waals surface area contributed by atoms with Crippen molar-refractivity contribution in [3.05, 3.63) is 57.5 Å². The standard InChI is InChI=1S/C18H14Cl2N2O2/c1-10-6-14(10)17-5-3-13(24-17)7-11(9-21)18(23)22-16-8-12(19)2-4-15(16)20/h2-5,7-8,10,14H,6H2,1H3,(H,22,23)/b11-7+/t10-,14-/m1/s1. The summed E-state index contributed by atoms with van der Waals surface area (Å²) in [5.74, 6) is 1.87. The number of carbonyl (C=O) groups is 1. The van der Waals surface area contributed by atoms with Crippen molar-refractivity contribution >= 4 is 40.9 Å². The van der Waals surface area contributed by atoms with E-state index in [1.807, 2.05) is 12.1 Å². The SMILES string of the molecule is C[C@@H]1C[C@H]1c1ccc(/C=C(\C#N)C(=O)Nc2cc(Cl)ccc2Cl)o1. The number of hydrogen-bond acceptors (Lipinski definition) is 3. The molecule has 0 spiro atoms. The highest BCUT2D eigenvalue weighted by molar-refractivity contribution is 6.36. The second-order valence-corrected chi connectivity index (χ2v) is 6.65. The van der Waals surface area contributed by atoms with Crippen molar-refractivity contribution in [2.75, 3.05) is 5.32 Å². The molecular formula is C18H14Cl2N2O2. The summed E-state index contributed by atoms with van der Waals surface area (Å²) in [5.41, 5.74) is 0.276. The zero-order valence-electron chi connectivity index (χ0n) is 12.8. The summed E-state index contributed by atoms with van der Waals surface area (Å²) in [7, 11) is 0. The molecule has 1 aromatic carbocycles. The van der Waals surface area contributed by atoms with Crippen LogP contribution in [0.25, 0.3) is 6.08 Å². The number of nitrogens with one attached hydrogen (secondary N) is 1. The van der Waals surface area contributed by atoms with Gasteiger partial charge in [0.2, 0.25) is 0 Å². The molecule has 1 N–H and O–H groups in total. The highest BCUT2D eigenvalue weighted by Crippen LogP contribution is 2.47. The van der Waals surface area contributed by atoms with Gasteiger partial charge in [-0.2, -0.15) is 5.26 Å². The molecule has 24 heavy (non-hydrogen) atoms. The van der Waals surface area contributed by atoms with Crippen LogP contribution >= 0.6 is 23.2 Å². The molecule has 2 atom stereocenters. The van der Waals surface area contributed by atoms with Crippen LogP contribution in [0.4, 0.5) is 5.69 Å². The average molecular weight is 361 g/mol. The van der Waals surface area contributed by atoms with Gasteiger partial charge in [-0.15, -0.1) is 0 Å². The highest BCUT2D eigenvalue weighted by atomic mass is 35.5. The predicted octanol–water partition coefficient (Wildman–Crippen LogP) is 5.26. The summed E-state index contributed by atoms with van der Waals surface area (Å²) in [6.45, 7) is 2.16. The Bertz CT molecular complexity index is 864. The summed E-state index contributed by atoms with van der Waals surface area (Å²) < 4.78 is 5.70. The van der Waals surface area contributed by atoms with Crippen LogP contribution in [0.2, 0.25) is 10.0 Å². The Kier molecular flexibility index (Phi) is 4.66. The zero-order valence-corrected chi connectivity index (χ0v) is 14.4. The molecule has 1 fully saturated rings. The molecule has 0 unspecified atom stereocenters. The van der Waals surface area contributed by atoms with E-state index in [0.29, 0.717) is 33.3 Å². The fourth-order valence-electron chi connectivity index (χ4n) is 2.44. The van der Waals surface area contributed by atoms with Crippen molar-refractivity contribution in [1.29, 1.82) is 5.26 Å². The molecule has 0 aliphatic heterocycles. The predicted molar refractivity (Wildman–Crippen MR) is 93.9 cm³/mol. The Hall–Kier alpha value is -2.22. The molecule has 2 aromatic rings. The second kappa shape index (κ2) is 6.72. The van der Waals surface area contributed by atoms with Crippen molar-refractivity contribution in [3.63, 3.8) is 0 Å². The number of halogens is 2. The minimum Gasteiger partial charge on any atom is -0.461 e. The molecule has 1 heterocycles. The molecule has 3 rings (SSSR count). The monoisotopic (exact) mass is 360 g/mol. The van der Waals surface area contributed by atoms with Crippen molar-refractivity contribution in [3.8, 4) is 6.07 Å². The van der Waals surface area contributed by atoms with Gasteiger partial charge in [0.05, 0.1) is 10.7 Å². The van der Waals surface area contributed by atoms with Gasteiger partial charge in [0.15, 0.2) is 0 Å². The lowest BCUT2D eigenvalue weighted by Gasteiger charge is -2.06. The van der Waals surface area contributed by atoms with Crippen LogP contribution in [0.15, 0.2) is 40.3 Å². The summed E-state index contributed by atoms with van der Waals surface area (Å²) >= 11 is 11.9. The Balaban J connectivity index is 1.77. The Morgan fingerprint density at radius 1 is 1.38 bits per heavy atom. The maximum absolute atomic E-state index is 12.3. The van der Waals surface area contributed by atoms with Crippen LogP contribution in [-0.4, -0.2) is 5.91 Å². The van der Waals surface area contributed by atoms with Gasteiger partial charge in [-0.05, 0) is 42.7 Å². The molecule has 1 aliphatic carbocycles. The maximum atomic E-state index is 12.3.